The van der Waals surface area contributed by atoms with Gasteiger partial charge >= 0.3 is 17.9 Å². The molecule has 0 bridgehead atoms. The highest BCUT2D eigenvalue weighted by Gasteiger charge is 2.50. The summed E-state index contributed by atoms with van der Waals surface area (Å²) in [6.45, 7) is 3.70. The number of benzene rings is 1. The number of rotatable bonds is 5. The summed E-state index contributed by atoms with van der Waals surface area (Å²) < 4.78 is 23.9. The second-order valence-corrected chi connectivity index (χ2v) is 6.79. The predicted molar refractivity (Wildman–Crippen MR) is 98.3 cm³/mol. The molecule has 0 saturated carbocycles. The minimum Gasteiger partial charge on any atom is -0.463 e. The lowest BCUT2D eigenvalue weighted by atomic mass is 10.00. The Labute approximate surface area is 162 Å². The molecule has 1 aromatic carbocycles. The molecule has 1 aliphatic rings. The van der Waals surface area contributed by atoms with E-state index in [9.17, 15) is 14.4 Å². The van der Waals surface area contributed by atoms with Crippen LogP contribution in [0.3, 0.4) is 0 Å². The molecule has 0 aliphatic carbocycles. The summed E-state index contributed by atoms with van der Waals surface area (Å²) in [4.78, 5) is 34.5. The van der Waals surface area contributed by atoms with Gasteiger partial charge in [0.15, 0.2) is 12.2 Å². The Hall–Kier alpha value is -2.87. The molecule has 1 aliphatic heterocycles. The van der Waals surface area contributed by atoms with Crippen LogP contribution in [0.4, 0.5) is 0 Å². The van der Waals surface area contributed by atoms with Crippen LogP contribution in [0.5, 0.6) is 0 Å². The van der Waals surface area contributed by atoms with Crippen molar-refractivity contribution in [1.82, 2.24) is 4.57 Å². The summed E-state index contributed by atoms with van der Waals surface area (Å²) in [7, 11) is 1.95. The van der Waals surface area contributed by atoms with Gasteiger partial charge in [-0.25, -0.2) is 0 Å². The maximum absolute atomic E-state index is 11.7. The number of nitrogens with zero attached hydrogens (tertiary/aromatic N) is 1. The molecule has 2 aromatic rings. The van der Waals surface area contributed by atoms with Gasteiger partial charge in [-0.15, -0.1) is 0 Å². The fourth-order valence-electron chi connectivity index (χ4n) is 3.46. The van der Waals surface area contributed by atoms with Gasteiger partial charge in [-0.3, -0.25) is 14.4 Å². The number of ether oxygens (including phenoxy) is 4. The predicted octanol–water partition coefficient (Wildman–Crippen LogP) is 2.04. The number of carbonyl (C=O) groups is 3. The first kappa shape index (κ1) is 19.9. The van der Waals surface area contributed by atoms with E-state index in [1.165, 1.54) is 20.8 Å². The maximum atomic E-state index is 11.7. The third-order valence-electron chi connectivity index (χ3n) is 4.60. The Morgan fingerprint density at radius 3 is 2.32 bits per heavy atom. The van der Waals surface area contributed by atoms with Gasteiger partial charge in [-0.05, 0) is 29.1 Å². The molecule has 3 rings (SSSR count). The van der Waals surface area contributed by atoms with Gasteiger partial charge in [0, 0.05) is 39.5 Å². The van der Waals surface area contributed by atoms with Crippen molar-refractivity contribution in [3.8, 4) is 0 Å². The first-order chi connectivity index (χ1) is 13.3. The highest BCUT2D eigenvalue weighted by molar-refractivity contribution is 5.81. The van der Waals surface area contributed by atoms with Crippen molar-refractivity contribution in [2.45, 2.75) is 45.2 Å². The molecular weight excluding hydrogens is 366 g/mol. The van der Waals surface area contributed by atoms with Crippen molar-refractivity contribution in [3.05, 3.63) is 36.0 Å². The molecule has 4 atom stereocenters. The fourth-order valence-corrected chi connectivity index (χ4v) is 3.46. The summed E-state index contributed by atoms with van der Waals surface area (Å²) in [5.41, 5.74) is 1.81. The van der Waals surface area contributed by atoms with Gasteiger partial charge in [0.1, 0.15) is 18.8 Å². The molecule has 8 heteroatoms. The maximum Gasteiger partial charge on any atom is 0.303 e. The number of carbonyl (C=O) groups excluding carboxylic acids is 3. The number of fused-ring (bicyclic) bond motifs is 1. The van der Waals surface area contributed by atoms with Gasteiger partial charge in [0.05, 0.1) is 0 Å². The van der Waals surface area contributed by atoms with Crippen molar-refractivity contribution in [2.75, 3.05) is 6.61 Å². The summed E-state index contributed by atoms with van der Waals surface area (Å²) in [6, 6.07) is 7.73. The third kappa shape index (κ3) is 4.17. The Morgan fingerprint density at radius 2 is 1.68 bits per heavy atom. The SMILES string of the molecule is CC(=O)OC[C@H]1OC(c2ccc3c(ccn3C)c2)[C@H](OC(C)=O)[C@@H]1OC(C)=O. The molecule has 0 N–H and O–H groups in total. The number of aromatic nitrogens is 1. The molecular formula is C20H23NO7. The Balaban J connectivity index is 1.96. The zero-order chi connectivity index (χ0) is 20.4. The summed E-state index contributed by atoms with van der Waals surface area (Å²) >= 11 is 0. The standard InChI is InChI=1S/C20H23NO7/c1-11(22)25-10-17-19(26-12(2)23)20(27-13(3)24)18(28-17)15-5-6-16-14(9-15)7-8-21(16)4/h5-9,17-20H,10H2,1-4H3/t17-,18?,19-,20+/m1/s1. The lowest BCUT2D eigenvalue weighted by Gasteiger charge is -2.23. The zero-order valence-corrected chi connectivity index (χ0v) is 16.2. The zero-order valence-electron chi connectivity index (χ0n) is 16.2. The van der Waals surface area contributed by atoms with E-state index in [0.717, 1.165) is 16.5 Å². The van der Waals surface area contributed by atoms with Gasteiger partial charge in [-0.1, -0.05) is 6.07 Å². The van der Waals surface area contributed by atoms with E-state index in [2.05, 4.69) is 0 Å². The Kier molecular flexibility index (Phi) is 5.69. The average molecular weight is 389 g/mol. The van der Waals surface area contributed by atoms with Crippen LogP contribution < -0.4 is 0 Å². The first-order valence-corrected chi connectivity index (χ1v) is 8.94. The lowest BCUT2D eigenvalue weighted by molar-refractivity contribution is -0.165. The minimum absolute atomic E-state index is 0.116. The van der Waals surface area contributed by atoms with Crippen LogP contribution in [0, 0.1) is 0 Å². The van der Waals surface area contributed by atoms with E-state index in [1.54, 1.807) is 0 Å². The number of hydrogen-bond acceptors (Lipinski definition) is 7. The van der Waals surface area contributed by atoms with E-state index in [-0.39, 0.29) is 6.61 Å². The molecule has 1 saturated heterocycles. The minimum atomic E-state index is -0.891. The quantitative estimate of drug-likeness (QED) is 0.571. The number of esters is 3. The highest BCUT2D eigenvalue weighted by Crippen LogP contribution is 2.38. The molecule has 1 unspecified atom stereocenters. The van der Waals surface area contributed by atoms with Crippen LogP contribution in [0.25, 0.3) is 10.9 Å². The van der Waals surface area contributed by atoms with Crippen LogP contribution >= 0.6 is 0 Å². The molecule has 150 valence electrons. The Bertz CT molecular complexity index is 903. The summed E-state index contributed by atoms with van der Waals surface area (Å²) in [5, 5.41) is 0.998. The van der Waals surface area contributed by atoms with Crippen LogP contribution in [0.2, 0.25) is 0 Å². The molecule has 0 radical (unpaired) electrons. The van der Waals surface area contributed by atoms with Gasteiger partial charge < -0.3 is 23.5 Å². The topological polar surface area (TPSA) is 93.1 Å². The normalized spacial score (nSPS) is 24.1. The average Bonchev–Trinajstić information content (AvgIpc) is 3.13. The van der Waals surface area contributed by atoms with E-state index in [1.807, 2.05) is 42.1 Å². The second-order valence-electron chi connectivity index (χ2n) is 6.79. The number of aryl methyl sites for hydroxylation is 1. The van der Waals surface area contributed by atoms with Gasteiger partial charge in [0.25, 0.3) is 0 Å². The molecule has 28 heavy (non-hydrogen) atoms. The van der Waals surface area contributed by atoms with Crippen molar-refractivity contribution >= 4 is 28.8 Å². The van der Waals surface area contributed by atoms with Crippen LogP contribution in [-0.4, -0.2) is 47.4 Å². The molecule has 1 fully saturated rings. The monoisotopic (exact) mass is 389 g/mol. The van der Waals surface area contributed by atoms with Crippen LogP contribution in [0.15, 0.2) is 30.5 Å². The van der Waals surface area contributed by atoms with E-state index >= 15 is 0 Å². The molecule has 1 aromatic heterocycles. The van der Waals surface area contributed by atoms with Crippen molar-refractivity contribution < 1.29 is 33.3 Å². The second kappa shape index (κ2) is 8.02. The van der Waals surface area contributed by atoms with E-state index in [4.69, 9.17) is 18.9 Å². The molecule has 0 amide bonds. The van der Waals surface area contributed by atoms with E-state index < -0.39 is 42.3 Å². The molecule has 0 spiro atoms. The smallest absolute Gasteiger partial charge is 0.303 e. The van der Waals surface area contributed by atoms with Crippen molar-refractivity contribution in [1.29, 1.82) is 0 Å². The summed E-state index contributed by atoms with van der Waals surface area (Å²) in [6.07, 6.45) is -1.23. The number of hydrogen-bond donors (Lipinski definition) is 0. The Morgan fingerprint density at radius 1 is 1.00 bits per heavy atom. The van der Waals surface area contributed by atoms with E-state index in [0.29, 0.717) is 0 Å². The summed E-state index contributed by atoms with van der Waals surface area (Å²) in [5.74, 6) is -1.55. The fraction of sp³-hybridized carbons (Fsp3) is 0.450. The third-order valence-corrected chi connectivity index (χ3v) is 4.60. The molecule has 8 nitrogen and oxygen atoms in total. The van der Waals surface area contributed by atoms with Crippen molar-refractivity contribution in [3.63, 3.8) is 0 Å². The largest absolute Gasteiger partial charge is 0.463 e. The highest BCUT2D eigenvalue weighted by atomic mass is 16.6. The molecule has 2 heterocycles. The van der Waals surface area contributed by atoms with Gasteiger partial charge in [0.2, 0.25) is 0 Å². The van der Waals surface area contributed by atoms with Crippen molar-refractivity contribution in [2.24, 2.45) is 7.05 Å². The van der Waals surface area contributed by atoms with Crippen LogP contribution in [-0.2, 0) is 40.4 Å². The van der Waals surface area contributed by atoms with Crippen LogP contribution in [0.1, 0.15) is 32.4 Å². The first-order valence-electron chi connectivity index (χ1n) is 8.94. The van der Waals surface area contributed by atoms with Gasteiger partial charge in [-0.2, -0.15) is 0 Å². The lowest BCUT2D eigenvalue weighted by Crippen LogP contribution is -2.40.